The molecule has 0 saturated carbocycles. The minimum absolute atomic E-state index is 0.108. The third kappa shape index (κ3) is 4.21. The molecule has 2 saturated heterocycles. The van der Waals surface area contributed by atoms with Crippen molar-refractivity contribution in [2.75, 3.05) is 26.4 Å². The summed E-state index contributed by atoms with van der Waals surface area (Å²) in [5.74, 6) is -0.290. The molecule has 1 N–H and O–H groups in total. The molecule has 144 valence electrons. The van der Waals surface area contributed by atoms with Gasteiger partial charge < -0.3 is 14.8 Å². The maximum absolute atomic E-state index is 13.4. The summed E-state index contributed by atoms with van der Waals surface area (Å²) in [4.78, 5) is 4.47. The zero-order valence-electron chi connectivity index (χ0n) is 15.6. The van der Waals surface area contributed by atoms with Crippen molar-refractivity contribution in [1.82, 2.24) is 10.3 Å². The number of hydrogen-bond acceptors (Lipinski definition) is 4. The van der Waals surface area contributed by atoms with E-state index >= 15 is 0 Å². The zero-order chi connectivity index (χ0) is 18.6. The third-order valence-corrected chi connectivity index (χ3v) is 5.94. The van der Waals surface area contributed by atoms with Gasteiger partial charge in [0.25, 0.3) is 0 Å². The molecule has 27 heavy (non-hydrogen) atoms. The summed E-state index contributed by atoms with van der Waals surface area (Å²) in [6.45, 7) is 3.82. The number of halogens is 1. The van der Waals surface area contributed by atoms with Crippen molar-refractivity contribution in [1.29, 1.82) is 0 Å². The number of rotatable bonds is 6. The van der Waals surface area contributed by atoms with Crippen LogP contribution in [-0.4, -0.2) is 37.0 Å². The number of aromatic nitrogens is 1. The van der Waals surface area contributed by atoms with Crippen molar-refractivity contribution in [2.45, 2.75) is 43.2 Å². The van der Waals surface area contributed by atoms with E-state index in [-0.39, 0.29) is 16.8 Å². The molecule has 2 aromatic rings. The van der Waals surface area contributed by atoms with Gasteiger partial charge in [-0.1, -0.05) is 30.3 Å². The average molecular weight is 370 g/mol. The first-order valence-electron chi connectivity index (χ1n) is 9.78. The summed E-state index contributed by atoms with van der Waals surface area (Å²) >= 11 is 0. The van der Waals surface area contributed by atoms with Crippen molar-refractivity contribution >= 4 is 0 Å². The van der Waals surface area contributed by atoms with Gasteiger partial charge in [-0.25, -0.2) is 4.39 Å². The minimum atomic E-state index is -0.290. The fourth-order valence-corrected chi connectivity index (χ4v) is 4.47. The maximum atomic E-state index is 13.4. The smallest absolute Gasteiger partial charge is 0.141 e. The molecule has 0 amide bonds. The van der Waals surface area contributed by atoms with Crippen molar-refractivity contribution in [3.8, 4) is 0 Å². The van der Waals surface area contributed by atoms with E-state index in [9.17, 15) is 4.39 Å². The van der Waals surface area contributed by atoms with Crippen LogP contribution in [0.5, 0.6) is 0 Å². The van der Waals surface area contributed by atoms with Crippen LogP contribution in [0, 0.1) is 5.82 Å². The summed E-state index contributed by atoms with van der Waals surface area (Å²) in [6.07, 6.45) is 4.99. The lowest BCUT2D eigenvalue weighted by Gasteiger charge is -2.45. The Morgan fingerprint density at radius 1 is 1.07 bits per heavy atom. The number of nitrogens with one attached hydrogen (secondary N) is 1. The highest BCUT2D eigenvalue weighted by Crippen LogP contribution is 2.46. The second-order valence-corrected chi connectivity index (χ2v) is 7.82. The lowest BCUT2D eigenvalue weighted by atomic mass is 9.68. The van der Waals surface area contributed by atoms with E-state index in [1.54, 1.807) is 0 Å². The quantitative estimate of drug-likeness (QED) is 0.789. The molecular formula is C22H27FN2O2. The number of benzene rings is 1. The molecule has 4 nitrogen and oxygen atoms in total. The Morgan fingerprint density at radius 3 is 2.70 bits per heavy atom. The van der Waals surface area contributed by atoms with Crippen LogP contribution in [0.2, 0.25) is 0 Å². The van der Waals surface area contributed by atoms with Crippen LogP contribution in [0.3, 0.4) is 0 Å². The molecule has 5 heteroatoms. The number of ether oxygens (including phenoxy) is 2. The fraction of sp³-hybridized carbons (Fsp3) is 0.500. The summed E-state index contributed by atoms with van der Waals surface area (Å²) in [5, 5.41) is 3.56. The Kier molecular flexibility index (Phi) is 5.53. The van der Waals surface area contributed by atoms with Crippen LogP contribution in [0.4, 0.5) is 4.39 Å². The summed E-state index contributed by atoms with van der Waals surface area (Å²) in [5.41, 5.74) is 1.93. The Bertz CT molecular complexity index is 732. The van der Waals surface area contributed by atoms with Crippen molar-refractivity contribution in [2.24, 2.45) is 0 Å². The number of hydrogen-bond donors (Lipinski definition) is 1. The molecule has 0 aliphatic carbocycles. The Balaban J connectivity index is 1.48. The van der Waals surface area contributed by atoms with E-state index in [0.717, 1.165) is 51.1 Å². The first kappa shape index (κ1) is 18.5. The van der Waals surface area contributed by atoms with E-state index in [4.69, 9.17) is 9.47 Å². The molecule has 3 heterocycles. The maximum Gasteiger partial charge on any atom is 0.141 e. The number of nitrogens with zero attached hydrogens (tertiary/aromatic N) is 1. The van der Waals surface area contributed by atoms with Gasteiger partial charge in [-0.15, -0.1) is 0 Å². The van der Waals surface area contributed by atoms with Crippen LogP contribution in [0.25, 0.3) is 0 Å². The average Bonchev–Trinajstić information content (AvgIpc) is 3.14. The van der Waals surface area contributed by atoms with Crippen LogP contribution < -0.4 is 5.32 Å². The third-order valence-electron chi connectivity index (χ3n) is 5.94. The molecule has 2 aliphatic heterocycles. The zero-order valence-corrected chi connectivity index (χ0v) is 15.6. The molecule has 0 bridgehead atoms. The predicted molar refractivity (Wildman–Crippen MR) is 102 cm³/mol. The van der Waals surface area contributed by atoms with E-state index in [2.05, 4.69) is 34.6 Å². The Labute approximate surface area is 160 Å². The van der Waals surface area contributed by atoms with E-state index in [0.29, 0.717) is 13.2 Å². The normalized spacial score (nSPS) is 27.9. The second kappa shape index (κ2) is 8.05. The van der Waals surface area contributed by atoms with Crippen molar-refractivity contribution < 1.29 is 13.9 Å². The van der Waals surface area contributed by atoms with Gasteiger partial charge in [-0.05, 0) is 43.5 Å². The van der Waals surface area contributed by atoms with Gasteiger partial charge in [0.1, 0.15) is 5.82 Å². The van der Waals surface area contributed by atoms with Gasteiger partial charge in [0.05, 0.1) is 18.4 Å². The second-order valence-electron chi connectivity index (χ2n) is 7.82. The molecule has 4 rings (SSSR count). The van der Waals surface area contributed by atoms with Gasteiger partial charge in [0.2, 0.25) is 0 Å². The van der Waals surface area contributed by atoms with Gasteiger partial charge in [0, 0.05) is 37.3 Å². The standard InChI is InChI=1S/C22H27FN2O2/c23-19-6-7-20(25-15-19)21(8-11-24-14-18-4-2-1-3-5-18)9-13-27-22(16-21)10-12-26-17-22/h1-7,15,24H,8-14,16-17H2/t21-,22-/m1/s1. The van der Waals surface area contributed by atoms with Gasteiger partial charge >= 0.3 is 0 Å². The van der Waals surface area contributed by atoms with Crippen LogP contribution >= 0.6 is 0 Å². The first-order valence-corrected chi connectivity index (χ1v) is 9.78. The summed E-state index contributed by atoms with van der Waals surface area (Å²) in [6, 6.07) is 13.8. The molecule has 2 aliphatic rings. The topological polar surface area (TPSA) is 43.4 Å². The van der Waals surface area contributed by atoms with Gasteiger partial charge in [0.15, 0.2) is 0 Å². The van der Waals surface area contributed by atoms with Crippen LogP contribution in [-0.2, 0) is 21.4 Å². The Morgan fingerprint density at radius 2 is 1.96 bits per heavy atom. The first-order chi connectivity index (χ1) is 13.2. The molecule has 2 fully saturated rings. The van der Waals surface area contributed by atoms with E-state index < -0.39 is 0 Å². The predicted octanol–water partition coefficient (Wildman–Crippen LogP) is 3.61. The summed E-state index contributed by atoms with van der Waals surface area (Å²) < 4.78 is 25.3. The lowest BCUT2D eigenvalue weighted by Crippen LogP contribution is -2.49. The molecular weight excluding hydrogens is 343 g/mol. The number of pyridine rings is 1. The van der Waals surface area contributed by atoms with Crippen LogP contribution in [0.15, 0.2) is 48.7 Å². The van der Waals surface area contributed by atoms with Crippen molar-refractivity contribution in [3.63, 3.8) is 0 Å². The van der Waals surface area contributed by atoms with Crippen molar-refractivity contribution in [3.05, 3.63) is 65.7 Å². The van der Waals surface area contributed by atoms with Gasteiger partial charge in [-0.3, -0.25) is 4.98 Å². The Hall–Kier alpha value is -1.82. The molecule has 0 radical (unpaired) electrons. The largest absolute Gasteiger partial charge is 0.378 e. The minimum Gasteiger partial charge on any atom is -0.378 e. The van der Waals surface area contributed by atoms with E-state index in [1.807, 2.05) is 12.1 Å². The highest BCUT2D eigenvalue weighted by atomic mass is 19.1. The monoisotopic (exact) mass is 370 g/mol. The lowest BCUT2D eigenvalue weighted by molar-refractivity contribution is -0.109. The molecule has 2 atom stereocenters. The fourth-order valence-electron chi connectivity index (χ4n) is 4.47. The molecule has 1 aromatic heterocycles. The summed E-state index contributed by atoms with van der Waals surface area (Å²) in [7, 11) is 0. The molecule has 0 unspecified atom stereocenters. The highest BCUT2D eigenvalue weighted by Gasteiger charge is 2.49. The molecule has 1 spiro atoms. The SMILES string of the molecule is Fc1ccc([C@]2(CCNCc3ccccc3)CCO[C@]3(CCOC3)C2)nc1. The van der Waals surface area contributed by atoms with E-state index in [1.165, 1.54) is 17.8 Å². The molecule has 1 aromatic carbocycles. The highest BCUT2D eigenvalue weighted by molar-refractivity contribution is 5.21. The van der Waals surface area contributed by atoms with Gasteiger partial charge in [-0.2, -0.15) is 0 Å². The van der Waals surface area contributed by atoms with Crippen LogP contribution in [0.1, 0.15) is 36.9 Å².